The molecule has 1 aromatic heterocycles. The van der Waals surface area contributed by atoms with Crippen molar-refractivity contribution in [1.29, 1.82) is 0 Å². The van der Waals surface area contributed by atoms with Gasteiger partial charge in [0.05, 0.1) is 6.10 Å². The number of nitrogens with zero attached hydrogens (tertiary/aromatic N) is 2. The summed E-state index contributed by atoms with van der Waals surface area (Å²) in [5.74, 6) is 1.39. The van der Waals surface area contributed by atoms with Gasteiger partial charge in [0, 0.05) is 25.8 Å². The minimum atomic E-state index is 0.120. The first-order chi connectivity index (χ1) is 9.22. The lowest BCUT2D eigenvalue weighted by atomic mass is 10.3. The number of aromatic nitrogens is 2. The molecule has 1 aromatic rings. The molecular formula is C14H25N3O2. The van der Waals surface area contributed by atoms with Crippen LogP contribution in [-0.4, -0.2) is 35.8 Å². The van der Waals surface area contributed by atoms with Crippen molar-refractivity contribution < 1.29 is 9.47 Å². The smallest absolute Gasteiger partial charge is 0.218 e. The Hall–Kier alpha value is -1.36. The molecule has 5 nitrogen and oxygen atoms in total. The minimum absolute atomic E-state index is 0.120. The molecule has 0 aliphatic rings. The van der Waals surface area contributed by atoms with E-state index >= 15 is 0 Å². The Kier molecular flexibility index (Phi) is 7.89. The monoisotopic (exact) mass is 267 g/mol. The number of rotatable bonds is 10. The van der Waals surface area contributed by atoms with E-state index in [9.17, 15) is 0 Å². The minimum Gasteiger partial charge on any atom is -0.475 e. The molecule has 0 bridgehead atoms. The van der Waals surface area contributed by atoms with Gasteiger partial charge in [-0.1, -0.05) is 13.3 Å². The lowest BCUT2D eigenvalue weighted by molar-refractivity contribution is 0.131. The average molecular weight is 267 g/mol. The zero-order valence-electron chi connectivity index (χ0n) is 12.2. The van der Waals surface area contributed by atoms with Gasteiger partial charge >= 0.3 is 0 Å². The van der Waals surface area contributed by atoms with Crippen molar-refractivity contribution in [3.63, 3.8) is 0 Å². The number of hydrogen-bond acceptors (Lipinski definition) is 5. The van der Waals surface area contributed by atoms with Crippen LogP contribution in [0, 0.1) is 0 Å². The van der Waals surface area contributed by atoms with Gasteiger partial charge in [-0.25, -0.2) is 9.97 Å². The third-order valence-corrected chi connectivity index (χ3v) is 2.41. The molecule has 0 saturated heterocycles. The van der Waals surface area contributed by atoms with E-state index in [2.05, 4.69) is 22.2 Å². The molecule has 0 fully saturated rings. The van der Waals surface area contributed by atoms with Crippen LogP contribution in [-0.2, 0) is 4.74 Å². The molecule has 0 saturated carbocycles. The van der Waals surface area contributed by atoms with Crippen molar-refractivity contribution in [3.8, 4) is 5.88 Å². The third kappa shape index (κ3) is 7.62. The van der Waals surface area contributed by atoms with Crippen molar-refractivity contribution >= 4 is 5.82 Å². The highest BCUT2D eigenvalue weighted by Gasteiger charge is 2.01. The molecule has 19 heavy (non-hydrogen) atoms. The summed E-state index contributed by atoms with van der Waals surface area (Å²) in [6, 6.07) is 1.82. The second kappa shape index (κ2) is 9.55. The van der Waals surface area contributed by atoms with Gasteiger partial charge in [0.1, 0.15) is 12.1 Å². The molecule has 1 heterocycles. The molecular weight excluding hydrogens is 242 g/mol. The predicted molar refractivity (Wildman–Crippen MR) is 76.6 cm³/mol. The summed E-state index contributed by atoms with van der Waals surface area (Å²) in [5.41, 5.74) is 0. The highest BCUT2D eigenvalue weighted by molar-refractivity contribution is 5.36. The lowest BCUT2D eigenvalue weighted by Crippen LogP contribution is -2.10. The third-order valence-electron chi connectivity index (χ3n) is 2.41. The molecule has 0 amide bonds. The van der Waals surface area contributed by atoms with E-state index in [0.29, 0.717) is 5.88 Å². The Morgan fingerprint density at radius 3 is 2.74 bits per heavy atom. The van der Waals surface area contributed by atoms with E-state index in [4.69, 9.17) is 9.47 Å². The number of hydrogen-bond donors (Lipinski definition) is 1. The first kappa shape index (κ1) is 15.7. The van der Waals surface area contributed by atoms with Gasteiger partial charge in [-0.2, -0.15) is 0 Å². The summed E-state index contributed by atoms with van der Waals surface area (Å²) in [5, 5.41) is 3.24. The van der Waals surface area contributed by atoms with Gasteiger partial charge in [-0.3, -0.25) is 0 Å². The van der Waals surface area contributed by atoms with Crippen LogP contribution < -0.4 is 10.1 Å². The Morgan fingerprint density at radius 2 is 2.00 bits per heavy atom. The fraction of sp³-hybridized carbons (Fsp3) is 0.714. The molecule has 0 radical (unpaired) electrons. The molecule has 1 rings (SSSR count). The second-order valence-electron chi connectivity index (χ2n) is 4.65. The van der Waals surface area contributed by atoms with E-state index < -0.39 is 0 Å². The summed E-state index contributed by atoms with van der Waals surface area (Å²) in [4.78, 5) is 8.21. The molecule has 108 valence electrons. The quantitative estimate of drug-likeness (QED) is 0.661. The SMILES string of the molecule is CCCCOCCCNc1cc(OC(C)C)ncn1. The normalized spacial score (nSPS) is 10.7. The van der Waals surface area contributed by atoms with Gasteiger partial charge in [0.25, 0.3) is 0 Å². The van der Waals surface area contributed by atoms with Crippen LogP contribution in [0.25, 0.3) is 0 Å². The second-order valence-corrected chi connectivity index (χ2v) is 4.65. The van der Waals surface area contributed by atoms with Crippen molar-refractivity contribution in [3.05, 3.63) is 12.4 Å². The van der Waals surface area contributed by atoms with Gasteiger partial charge < -0.3 is 14.8 Å². The number of ether oxygens (including phenoxy) is 2. The van der Waals surface area contributed by atoms with Gasteiger partial charge in [0.15, 0.2) is 0 Å². The van der Waals surface area contributed by atoms with Gasteiger partial charge in [-0.05, 0) is 26.7 Å². The maximum absolute atomic E-state index is 5.51. The maximum atomic E-state index is 5.51. The van der Waals surface area contributed by atoms with Crippen LogP contribution in [0.3, 0.4) is 0 Å². The fourth-order valence-corrected chi connectivity index (χ4v) is 1.48. The first-order valence-corrected chi connectivity index (χ1v) is 7.02. The number of nitrogens with one attached hydrogen (secondary N) is 1. The first-order valence-electron chi connectivity index (χ1n) is 7.02. The van der Waals surface area contributed by atoms with Crippen LogP contribution in [0.15, 0.2) is 12.4 Å². The zero-order valence-corrected chi connectivity index (χ0v) is 12.2. The molecule has 0 aliphatic carbocycles. The molecule has 0 spiro atoms. The Morgan fingerprint density at radius 1 is 1.21 bits per heavy atom. The highest BCUT2D eigenvalue weighted by atomic mass is 16.5. The van der Waals surface area contributed by atoms with Crippen molar-refractivity contribution in [1.82, 2.24) is 9.97 Å². The number of unbranched alkanes of at least 4 members (excludes halogenated alkanes) is 1. The fourth-order valence-electron chi connectivity index (χ4n) is 1.48. The summed E-state index contributed by atoms with van der Waals surface area (Å²) in [6.45, 7) is 8.59. The molecule has 5 heteroatoms. The average Bonchev–Trinajstić information content (AvgIpc) is 2.37. The summed E-state index contributed by atoms with van der Waals surface area (Å²) < 4.78 is 11.0. The number of anilines is 1. The summed E-state index contributed by atoms with van der Waals surface area (Å²) in [6.07, 6.45) is 4.91. The molecule has 0 aromatic carbocycles. The largest absolute Gasteiger partial charge is 0.475 e. The standard InChI is InChI=1S/C14H25N3O2/c1-4-5-8-18-9-6-7-15-13-10-14(17-11-16-13)19-12(2)3/h10-12H,4-9H2,1-3H3,(H,15,16,17). The molecule has 0 aliphatic heterocycles. The van der Waals surface area contributed by atoms with E-state index in [-0.39, 0.29) is 6.10 Å². The van der Waals surface area contributed by atoms with Crippen molar-refractivity contribution in [2.45, 2.75) is 46.1 Å². The maximum Gasteiger partial charge on any atom is 0.218 e. The molecule has 0 atom stereocenters. The lowest BCUT2D eigenvalue weighted by Gasteiger charge is -2.10. The van der Waals surface area contributed by atoms with Gasteiger partial charge in [-0.15, -0.1) is 0 Å². The highest BCUT2D eigenvalue weighted by Crippen LogP contribution is 2.12. The Bertz CT molecular complexity index is 345. The van der Waals surface area contributed by atoms with Crippen LogP contribution in [0.2, 0.25) is 0 Å². The van der Waals surface area contributed by atoms with Crippen LogP contribution >= 0.6 is 0 Å². The van der Waals surface area contributed by atoms with E-state index in [0.717, 1.165) is 38.4 Å². The Balaban J connectivity index is 2.18. The van der Waals surface area contributed by atoms with Crippen molar-refractivity contribution in [2.75, 3.05) is 25.1 Å². The van der Waals surface area contributed by atoms with Crippen molar-refractivity contribution in [2.24, 2.45) is 0 Å². The molecule has 1 N–H and O–H groups in total. The van der Waals surface area contributed by atoms with Crippen LogP contribution in [0.1, 0.15) is 40.0 Å². The summed E-state index contributed by atoms with van der Waals surface area (Å²) >= 11 is 0. The van der Waals surface area contributed by atoms with Gasteiger partial charge in [0.2, 0.25) is 5.88 Å². The Labute approximate surface area is 115 Å². The predicted octanol–water partition coefficient (Wildman–Crippen LogP) is 2.88. The van der Waals surface area contributed by atoms with E-state index in [1.54, 1.807) is 0 Å². The van der Waals surface area contributed by atoms with Crippen LogP contribution in [0.4, 0.5) is 5.82 Å². The van der Waals surface area contributed by atoms with E-state index in [1.807, 2.05) is 19.9 Å². The summed E-state index contributed by atoms with van der Waals surface area (Å²) in [7, 11) is 0. The topological polar surface area (TPSA) is 56.3 Å². The van der Waals surface area contributed by atoms with E-state index in [1.165, 1.54) is 12.7 Å². The zero-order chi connectivity index (χ0) is 13.9. The van der Waals surface area contributed by atoms with Crippen LogP contribution in [0.5, 0.6) is 5.88 Å². The molecule has 0 unspecified atom stereocenters.